The average Bonchev–Trinajstić information content (AvgIpc) is 3.35. The van der Waals surface area contributed by atoms with Crippen LogP contribution in [0.4, 0.5) is 0 Å². The predicted molar refractivity (Wildman–Crippen MR) is 140 cm³/mol. The number of nitrogens with zero attached hydrogens (tertiary/aromatic N) is 6. The molecule has 6 nitrogen and oxygen atoms in total. The van der Waals surface area contributed by atoms with Crippen molar-refractivity contribution in [2.24, 2.45) is 0 Å². The Kier molecular flexibility index (Phi) is 7.12. The number of hydrogen-bond acceptors (Lipinski definition) is 5. The highest BCUT2D eigenvalue weighted by Gasteiger charge is 2.31. The molecule has 6 heteroatoms. The Bertz CT molecular complexity index is 1240. The fourth-order valence-corrected chi connectivity index (χ4v) is 4.93. The van der Waals surface area contributed by atoms with E-state index in [0.29, 0.717) is 0 Å². The minimum Gasteiger partial charge on any atom is -0.297 e. The minimum absolute atomic E-state index is 0.00721. The molecule has 3 aromatic carbocycles. The first-order valence-electron chi connectivity index (χ1n) is 12.3. The first kappa shape index (κ1) is 23.1. The zero-order valence-corrected chi connectivity index (χ0v) is 20.5. The highest BCUT2D eigenvalue weighted by Crippen LogP contribution is 2.30. The number of para-hydroxylation sites is 1. The largest absolute Gasteiger partial charge is 0.297 e. The van der Waals surface area contributed by atoms with Gasteiger partial charge in [-0.3, -0.25) is 9.80 Å². The summed E-state index contributed by atoms with van der Waals surface area (Å²) in [5.74, 6) is 0.867. The summed E-state index contributed by atoms with van der Waals surface area (Å²) in [5, 5.41) is 13.1. The third-order valence-electron chi connectivity index (χ3n) is 6.75. The van der Waals surface area contributed by atoms with Gasteiger partial charge >= 0.3 is 0 Å². The lowest BCUT2D eigenvalue weighted by Crippen LogP contribution is -2.48. The van der Waals surface area contributed by atoms with Crippen molar-refractivity contribution in [3.8, 4) is 5.69 Å². The molecule has 4 aromatic rings. The van der Waals surface area contributed by atoms with E-state index in [2.05, 4.69) is 130 Å². The molecule has 2 heterocycles. The van der Waals surface area contributed by atoms with Gasteiger partial charge in [0, 0.05) is 32.7 Å². The quantitative estimate of drug-likeness (QED) is 0.397. The normalized spacial score (nSPS) is 16.1. The Morgan fingerprint density at radius 2 is 1.46 bits per heavy atom. The number of aryl methyl sites for hydroxylation is 2. The first-order chi connectivity index (χ1) is 17.2. The molecule has 0 bridgehead atoms. The summed E-state index contributed by atoms with van der Waals surface area (Å²) in [7, 11) is 0. The van der Waals surface area contributed by atoms with Gasteiger partial charge in [0.15, 0.2) is 5.82 Å². The van der Waals surface area contributed by atoms with Gasteiger partial charge in [-0.1, -0.05) is 91.0 Å². The number of tetrazole rings is 1. The number of rotatable bonds is 7. The maximum atomic E-state index is 4.56. The molecule has 178 valence electrons. The highest BCUT2D eigenvalue weighted by molar-refractivity contribution is 5.49. The van der Waals surface area contributed by atoms with E-state index in [-0.39, 0.29) is 6.04 Å². The van der Waals surface area contributed by atoms with Crippen molar-refractivity contribution < 1.29 is 0 Å². The van der Waals surface area contributed by atoms with Gasteiger partial charge in [-0.05, 0) is 46.5 Å². The van der Waals surface area contributed by atoms with E-state index in [0.717, 1.165) is 44.2 Å². The van der Waals surface area contributed by atoms with E-state index < -0.39 is 0 Å². The Morgan fingerprint density at radius 3 is 2.14 bits per heavy atom. The number of benzene rings is 3. The lowest BCUT2D eigenvalue weighted by molar-refractivity contribution is 0.113. The van der Waals surface area contributed by atoms with Gasteiger partial charge in [0.05, 0.1) is 11.7 Å². The third-order valence-corrected chi connectivity index (χ3v) is 6.75. The molecule has 1 aliphatic rings. The molecule has 1 aliphatic heterocycles. The van der Waals surface area contributed by atoms with Crippen LogP contribution in [0.3, 0.4) is 0 Å². The van der Waals surface area contributed by atoms with Gasteiger partial charge < -0.3 is 0 Å². The van der Waals surface area contributed by atoms with E-state index in [9.17, 15) is 0 Å². The lowest BCUT2D eigenvalue weighted by atomic mass is 10.0. The number of piperazine rings is 1. The van der Waals surface area contributed by atoms with E-state index in [1.54, 1.807) is 0 Å². The second kappa shape index (κ2) is 10.8. The molecule has 1 aromatic heterocycles. The van der Waals surface area contributed by atoms with Crippen LogP contribution >= 0.6 is 0 Å². The zero-order chi connectivity index (χ0) is 24.0. The van der Waals surface area contributed by atoms with Gasteiger partial charge in [-0.2, -0.15) is 4.68 Å². The first-order valence-corrected chi connectivity index (χ1v) is 12.3. The summed E-state index contributed by atoms with van der Waals surface area (Å²) in [6.45, 7) is 9.12. The van der Waals surface area contributed by atoms with Gasteiger partial charge in [-0.15, -0.1) is 5.10 Å². The van der Waals surface area contributed by atoms with Crippen molar-refractivity contribution in [2.75, 3.05) is 32.7 Å². The van der Waals surface area contributed by atoms with Crippen molar-refractivity contribution in [1.29, 1.82) is 0 Å². The van der Waals surface area contributed by atoms with E-state index in [1.165, 1.54) is 22.3 Å². The van der Waals surface area contributed by atoms with Crippen LogP contribution in [-0.2, 0) is 0 Å². The van der Waals surface area contributed by atoms with Crippen LogP contribution in [0, 0.1) is 13.8 Å². The molecular formula is C29H32N6. The molecule has 0 unspecified atom stereocenters. The summed E-state index contributed by atoms with van der Waals surface area (Å²) in [6, 6.07) is 27.4. The number of hydrogen-bond donors (Lipinski definition) is 0. The molecule has 0 N–H and O–H groups in total. The van der Waals surface area contributed by atoms with Crippen LogP contribution in [0.2, 0.25) is 0 Å². The Labute approximate surface area is 207 Å². The van der Waals surface area contributed by atoms with Gasteiger partial charge in [0.25, 0.3) is 0 Å². The summed E-state index contributed by atoms with van der Waals surface area (Å²) in [6.07, 6.45) is 4.47. The van der Waals surface area contributed by atoms with Crippen LogP contribution in [0.15, 0.2) is 84.9 Å². The summed E-state index contributed by atoms with van der Waals surface area (Å²) in [4.78, 5) is 5.02. The van der Waals surface area contributed by atoms with Crippen molar-refractivity contribution in [1.82, 2.24) is 30.0 Å². The molecule has 0 aliphatic carbocycles. The van der Waals surface area contributed by atoms with Gasteiger partial charge in [0.2, 0.25) is 0 Å². The molecule has 1 atom stereocenters. The Morgan fingerprint density at radius 1 is 0.800 bits per heavy atom. The zero-order valence-electron chi connectivity index (χ0n) is 20.5. The van der Waals surface area contributed by atoms with Crippen molar-refractivity contribution in [3.63, 3.8) is 0 Å². The molecular weight excluding hydrogens is 432 g/mol. The van der Waals surface area contributed by atoms with E-state index in [1.807, 2.05) is 4.68 Å². The maximum Gasteiger partial charge on any atom is 0.178 e. The van der Waals surface area contributed by atoms with Gasteiger partial charge in [-0.25, -0.2) is 0 Å². The smallest absolute Gasteiger partial charge is 0.178 e. The van der Waals surface area contributed by atoms with Crippen LogP contribution in [0.5, 0.6) is 0 Å². The topological polar surface area (TPSA) is 50.1 Å². The van der Waals surface area contributed by atoms with Gasteiger partial charge in [0.1, 0.15) is 0 Å². The standard InChI is InChI=1S/C29H32N6/c1-23-11-9-12-24(2)27(23)35-29(30-31-32-35)28(26-16-7-4-8-17-26)34-21-19-33(20-22-34)18-10-15-25-13-5-3-6-14-25/h3-17,28H,18-22H2,1-2H3/b15-10+/t28-/m0/s1. The molecule has 35 heavy (non-hydrogen) atoms. The van der Waals surface area contributed by atoms with Crippen LogP contribution in [0.25, 0.3) is 11.8 Å². The summed E-state index contributed by atoms with van der Waals surface area (Å²) in [5.41, 5.74) is 5.86. The second-order valence-electron chi connectivity index (χ2n) is 9.15. The minimum atomic E-state index is -0.00721. The fourth-order valence-electron chi connectivity index (χ4n) is 4.93. The second-order valence-corrected chi connectivity index (χ2v) is 9.15. The molecule has 1 fully saturated rings. The summed E-state index contributed by atoms with van der Waals surface area (Å²) >= 11 is 0. The van der Waals surface area contributed by atoms with Crippen molar-refractivity contribution >= 4 is 6.08 Å². The third kappa shape index (κ3) is 5.24. The summed E-state index contributed by atoms with van der Waals surface area (Å²) < 4.78 is 1.94. The SMILES string of the molecule is Cc1cccc(C)c1-n1nnnc1[C@H](c1ccccc1)N1CCN(C/C=C/c2ccccc2)CC1. The van der Waals surface area contributed by atoms with E-state index in [4.69, 9.17) is 0 Å². The van der Waals surface area contributed by atoms with Crippen LogP contribution < -0.4 is 0 Å². The Balaban J connectivity index is 1.37. The molecule has 0 radical (unpaired) electrons. The molecule has 0 saturated carbocycles. The lowest BCUT2D eigenvalue weighted by Gasteiger charge is -2.38. The number of aromatic nitrogens is 4. The monoisotopic (exact) mass is 464 g/mol. The maximum absolute atomic E-state index is 4.56. The average molecular weight is 465 g/mol. The highest BCUT2D eigenvalue weighted by atomic mass is 15.6. The molecule has 5 rings (SSSR count). The van der Waals surface area contributed by atoms with Crippen LogP contribution in [-0.4, -0.2) is 62.7 Å². The van der Waals surface area contributed by atoms with Crippen molar-refractivity contribution in [3.05, 3.63) is 113 Å². The molecule has 1 saturated heterocycles. The fraction of sp³-hybridized carbons (Fsp3) is 0.276. The Hall–Kier alpha value is -3.61. The van der Waals surface area contributed by atoms with E-state index >= 15 is 0 Å². The van der Waals surface area contributed by atoms with Crippen molar-refractivity contribution in [2.45, 2.75) is 19.9 Å². The molecule has 0 amide bonds. The van der Waals surface area contributed by atoms with Crippen LogP contribution in [0.1, 0.15) is 34.1 Å². The molecule has 0 spiro atoms. The predicted octanol–water partition coefficient (Wildman–Crippen LogP) is 4.70.